The van der Waals surface area contributed by atoms with Gasteiger partial charge in [-0.25, -0.2) is 14.8 Å². The molecule has 140 valence electrons. The summed E-state index contributed by atoms with van der Waals surface area (Å²) in [5, 5.41) is 16.6. The van der Waals surface area contributed by atoms with Gasteiger partial charge in [0.2, 0.25) is 0 Å². The van der Waals surface area contributed by atoms with Gasteiger partial charge in [-0.05, 0) is 27.5 Å². The monoisotopic (exact) mass is 366 g/mol. The minimum Gasteiger partial charge on any atom is -0.477 e. The molecule has 2 N–H and O–H groups in total. The number of carboxylic acids is 1. The van der Waals surface area contributed by atoms with Crippen LogP contribution in [-0.2, 0) is 0 Å². The number of anilines is 1. The van der Waals surface area contributed by atoms with Crippen molar-refractivity contribution in [1.29, 1.82) is 0 Å². The quantitative estimate of drug-likeness (QED) is 0.645. The van der Waals surface area contributed by atoms with Crippen molar-refractivity contribution < 1.29 is 9.90 Å². The van der Waals surface area contributed by atoms with Crippen molar-refractivity contribution in [3.8, 4) is 11.3 Å². The molecule has 3 aromatic heterocycles. The van der Waals surface area contributed by atoms with E-state index in [1.54, 1.807) is 7.05 Å². The number of allylic oxidation sites excluding steroid dienone is 1. The van der Waals surface area contributed by atoms with Gasteiger partial charge in [0, 0.05) is 36.5 Å². The minimum atomic E-state index is -1.07. The molecule has 3 heterocycles. The lowest BCUT2D eigenvalue weighted by atomic mass is 10.1. The van der Waals surface area contributed by atoms with Gasteiger partial charge < -0.3 is 15.0 Å². The molecule has 0 spiro atoms. The molecule has 0 bridgehead atoms. The highest BCUT2D eigenvalue weighted by molar-refractivity contribution is 5.95. The van der Waals surface area contributed by atoms with Crippen molar-refractivity contribution in [2.75, 3.05) is 12.4 Å². The second-order valence-corrected chi connectivity index (χ2v) is 6.31. The summed E-state index contributed by atoms with van der Waals surface area (Å²) >= 11 is 0. The summed E-state index contributed by atoms with van der Waals surface area (Å²) in [6, 6.07) is 2.02. The highest BCUT2D eigenvalue weighted by Crippen LogP contribution is 2.36. The maximum Gasteiger partial charge on any atom is 0.341 e. The Kier molecular flexibility index (Phi) is 4.81. The van der Waals surface area contributed by atoms with E-state index in [0.717, 1.165) is 16.9 Å². The van der Waals surface area contributed by atoms with Crippen LogP contribution in [0.2, 0.25) is 0 Å². The van der Waals surface area contributed by atoms with Crippen molar-refractivity contribution in [2.45, 2.75) is 26.8 Å². The van der Waals surface area contributed by atoms with Gasteiger partial charge in [0.15, 0.2) is 5.65 Å². The summed E-state index contributed by atoms with van der Waals surface area (Å²) in [4.78, 5) is 20.3. The van der Waals surface area contributed by atoms with Crippen molar-refractivity contribution in [2.24, 2.45) is 4.99 Å². The van der Waals surface area contributed by atoms with Gasteiger partial charge in [-0.15, -0.1) is 0 Å². The van der Waals surface area contributed by atoms with Crippen molar-refractivity contribution in [1.82, 2.24) is 19.2 Å². The lowest BCUT2D eigenvalue weighted by Gasteiger charge is -2.09. The molecule has 0 fully saturated rings. The number of aromatic carboxylic acids is 1. The number of aliphatic imine (C=N–C) groups is 1. The summed E-state index contributed by atoms with van der Waals surface area (Å²) in [5.41, 5.74) is 2.69. The molecule has 0 saturated carbocycles. The van der Waals surface area contributed by atoms with E-state index in [0.29, 0.717) is 11.5 Å². The maximum absolute atomic E-state index is 11.5. The van der Waals surface area contributed by atoms with Crippen molar-refractivity contribution >= 4 is 36.0 Å². The van der Waals surface area contributed by atoms with Crippen molar-refractivity contribution in [3.63, 3.8) is 0 Å². The van der Waals surface area contributed by atoms with Gasteiger partial charge in [-0.1, -0.05) is 12.2 Å². The fourth-order valence-electron chi connectivity index (χ4n) is 3.05. The van der Waals surface area contributed by atoms with Gasteiger partial charge >= 0.3 is 5.97 Å². The first-order valence-electron chi connectivity index (χ1n) is 8.57. The first-order valence-corrected chi connectivity index (χ1v) is 8.57. The Balaban J connectivity index is 2.36. The first-order chi connectivity index (χ1) is 12.9. The zero-order chi connectivity index (χ0) is 19.7. The molecule has 3 rings (SSSR count). The van der Waals surface area contributed by atoms with Crippen LogP contribution in [-0.4, -0.2) is 44.0 Å². The average molecular weight is 366 g/mol. The van der Waals surface area contributed by atoms with Crippen LogP contribution in [0.4, 0.5) is 11.6 Å². The molecule has 3 aromatic rings. The molecule has 0 radical (unpaired) electrons. The molecule has 0 atom stereocenters. The number of rotatable bonds is 6. The fraction of sp³-hybridized carbons (Fsp3) is 0.263. The molecular weight excluding hydrogens is 344 g/mol. The van der Waals surface area contributed by atoms with E-state index >= 15 is 0 Å². The minimum absolute atomic E-state index is 0.0475. The summed E-state index contributed by atoms with van der Waals surface area (Å²) in [6.07, 6.45) is 7.16. The molecule has 8 heteroatoms. The number of nitrogens with one attached hydrogen (secondary N) is 1. The lowest BCUT2D eigenvalue weighted by molar-refractivity contribution is 0.0699. The van der Waals surface area contributed by atoms with Crippen LogP contribution in [0.25, 0.3) is 23.0 Å². The smallest absolute Gasteiger partial charge is 0.341 e. The predicted octanol–water partition coefficient (Wildman–Crippen LogP) is 3.88. The van der Waals surface area contributed by atoms with E-state index in [1.807, 2.05) is 35.9 Å². The summed E-state index contributed by atoms with van der Waals surface area (Å²) in [7, 11) is 1.75. The van der Waals surface area contributed by atoms with Crippen LogP contribution < -0.4 is 5.32 Å². The molecule has 0 aliphatic heterocycles. The molecule has 0 saturated heterocycles. The molecule has 27 heavy (non-hydrogen) atoms. The third kappa shape index (κ3) is 2.99. The topological polar surface area (TPSA) is 96.8 Å². The molecule has 8 nitrogen and oxygen atoms in total. The molecular formula is C19H22N6O2. The SMILES string of the molecule is C=Nc1c(/C=C\C)c(-c2cc(NC)n3ncc(C(=O)O)c3n2)cn1C(C)C. The molecule has 0 aromatic carbocycles. The van der Waals surface area contributed by atoms with Crippen LogP contribution >= 0.6 is 0 Å². The van der Waals surface area contributed by atoms with Gasteiger partial charge in [0.05, 0.1) is 11.9 Å². The van der Waals surface area contributed by atoms with E-state index in [4.69, 9.17) is 0 Å². The largest absolute Gasteiger partial charge is 0.477 e. The lowest BCUT2D eigenvalue weighted by Crippen LogP contribution is -2.04. The van der Waals surface area contributed by atoms with Crippen LogP contribution in [0.3, 0.4) is 0 Å². The Morgan fingerprint density at radius 3 is 2.74 bits per heavy atom. The highest BCUT2D eigenvalue weighted by Gasteiger charge is 2.21. The van der Waals surface area contributed by atoms with Gasteiger partial charge in [-0.2, -0.15) is 9.61 Å². The maximum atomic E-state index is 11.5. The van der Waals surface area contributed by atoms with Gasteiger partial charge in [0.25, 0.3) is 0 Å². The normalized spacial score (nSPS) is 11.6. The second kappa shape index (κ2) is 7.06. The van der Waals surface area contributed by atoms with Gasteiger partial charge in [0.1, 0.15) is 17.2 Å². The zero-order valence-electron chi connectivity index (χ0n) is 15.8. The number of hydrogen-bond donors (Lipinski definition) is 2. The standard InChI is InChI=1S/C19H22N6O2/c1-6-7-12-14(10-24(11(2)3)17(12)21-5)15-8-16(20-4)25-18(23-15)13(9-22-25)19(26)27/h6-11,20H,5H2,1-4H3,(H,26,27)/b7-6-. The van der Waals surface area contributed by atoms with E-state index in [1.165, 1.54) is 10.7 Å². The Bertz CT molecular complexity index is 1060. The van der Waals surface area contributed by atoms with Gasteiger partial charge in [-0.3, -0.25) is 0 Å². The van der Waals surface area contributed by atoms with Crippen LogP contribution in [0, 0.1) is 0 Å². The number of nitrogens with zero attached hydrogens (tertiary/aromatic N) is 5. The van der Waals surface area contributed by atoms with Crippen LogP contribution in [0.5, 0.6) is 0 Å². The third-order valence-corrected chi connectivity index (χ3v) is 4.32. The number of fused-ring (bicyclic) bond motifs is 1. The molecule has 0 unspecified atom stereocenters. The van der Waals surface area contributed by atoms with Crippen LogP contribution in [0.1, 0.15) is 42.7 Å². The molecule has 0 aliphatic carbocycles. The number of carbonyl (C=O) groups is 1. The summed E-state index contributed by atoms with van der Waals surface area (Å²) < 4.78 is 3.51. The second-order valence-electron chi connectivity index (χ2n) is 6.31. The fourth-order valence-corrected chi connectivity index (χ4v) is 3.05. The summed E-state index contributed by atoms with van der Waals surface area (Å²) in [5.74, 6) is 0.315. The molecule has 0 amide bonds. The highest BCUT2D eigenvalue weighted by atomic mass is 16.4. The number of carboxylic acid groups (broad SMARTS) is 1. The van der Waals surface area contributed by atoms with E-state index in [2.05, 4.69) is 41.0 Å². The van der Waals surface area contributed by atoms with E-state index in [9.17, 15) is 9.90 Å². The number of hydrogen-bond acceptors (Lipinski definition) is 5. The number of aromatic nitrogens is 4. The van der Waals surface area contributed by atoms with E-state index < -0.39 is 5.97 Å². The Morgan fingerprint density at radius 1 is 1.44 bits per heavy atom. The molecule has 0 aliphatic rings. The Labute approximate surface area is 156 Å². The summed E-state index contributed by atoms with van der Waals surface area (Å²) in [6.45, 7) is 9.76. The first kappa shape index (κ1) is 18.4. The van der Waals surface area contributed by atoms with E-state index in [-0.39, 0.29) is 17.3 Å². The average Bonchev–Trinajstić information content (AvgIpc) is 3.22. The Morgan fingerprint density at radius 2 is 2.19 bits per heavy atom. The van der Waals surface area contributed by atoms with Crippen LogP contribution in [0.15, 0.2) is 29.5 Å². The predicted molar refractivity (Wildman–Crippen MR) is 107 cm³/mol. The third-order valence-electron chi connectivity index (χ3n) is 4.32. The van der Waals surface area contributed by atoms with Crippen molar-refractivity contribution in [3.05, 3.63) is 35.7 Å². The zero-order valence-corrected chi connectivity index (χ0v) is 15.8. The Hall–Kier alpha value is -3.42.